The van der Waals surface area contributed by atoms with E-state index < -0.39 is 23.6 Å². The van der Waals surface area contributed by atoms with Crippen LogP contribution in [0.1, 0.15) is 22.3 Å². The maximum Gasteiger partial charge on any atom is 0.326 e. The zero-order valence-corrected chi connectivity index (χ0v) is 20.0. The maximum absolute atomic E-state index is 14.2. The predicted octanol–water partition coefficient (Wildman–Crippen LogP) is 3.98. The summed E-state index contributed by atoms with van der Waals surface area (Å²) in [5.74, 6) is -2.14. The number of aryl methyl sites for hydroxylation is 1. The lowest BCUT2D eigenvalue weighted by Gasteiger charge is -2.17. The number of halogens is 2. The molecule has 4 rings (SSSR count). The molecule has 192 valence electrons. The number of nitrogens with two attached hydrogens (primary N) is 1. The van der Waals surface area contributed by atoms with Crippen molar-refractivity contribution in [1.29, 1.82) is 5.26 Å². The van der Waals surface area contributed by atoms with E-state index in [2.05, 4.69) is 15.6 Å². The van der Waals surface area contributed by atoms with Crippen molar-refractivity contribution < 1.29 is 23.2 Å². The van der Waals surface area contributed by atoms with E-state index in [1.54, 1.807) is 35.9 Å². The van der Waals surface area contributed by atoms with Crippen molar-refractivity contribution in [3.05, 3.63) is 83.4 Å². The summed E-state index contributed by atoms with van der Waals surface area (Å²) < 4.78 is 29.0. The molecule has 0 saturated heterocycles. The number of nitriles is 1. The zero-order valence-electron chi connectivity index (χ0n) is 20.0. The highest BCUT2D eigenvalue weighted by molar-refractivity contribution is 6.06. The Labute approximate surface area is 215 Å². The average Bonchev–Trinajstić information content (AvgIpc) is 3.23. The number of imidazole rings is 1. The lowest BCUT2D eigenvalue weighted by molar-refractivity contribution is -0.118. The van der Waals surface area contributed by atoms with Crippen molar-refractivity contribution in [1.82, 2.24) is 9.55 Å². The van der Waals surface area contributed by atoms with Crippen LogP contribution in [0.25, 0.3) is 11.0 Å². The van der Waals surface area contributed by atoms with Crippen molar-refractivity contribution in [3.8, 4) is 6.07 Å². The Morgan fingerprint density at radius 2 is 1.79 bits per heavy atom. The first-order chi connectivity index (χ1) is 18.2. The normalized spacial score (nSPS) is 10.6. The molecule has 1 aromatic heterocycles. The van der Waals surface area contributed by atoms with Crippen LogP contribution in [0.5, 0.6) is 0 Å². The van der Waals surface area contributed by atoms with E-state index in [9.17, 15) is 23.2 Å². The molecule has 0 atom stereocenters. The van der Waals surface area contributed by atoms with Gasteiger partial charge in [0.1, 0.15) is 11.6 Å². The molecular formula is C26H21F2N7O3. The van der Waals surface area contributed by atoms with Crippen LogP contribution in [-0.2, 0) is 11.3 Å². The Morgan fingerprint density at radius 3 is 2.45 bits per heavy atom. The van der Waals surface area contributed by atoms with Crippen LogP contribution in [0.15, 0.2) is 60.7 Å². The summed E-state index contributed by atoms with van der Waals surface area (Å²) in [5, 5.41) is 13.8. The minimum Gasteiger partial charge on any atom is -0.370 e. The second-order valence-electron chi connectivity index (χ2n) is 8.23. The summed E-state index contributed by atoms with van der Waals surface area (Å²) in [4.78, 5) is 42.7. The molecule has 0 bridgehead atoms. The molecule has 0 unspecified atom stereocenters. The number of carbonyl (C=O) groups is 3. The number of fused-ring (bicyclic) bond motifs is 1. The van der Waals surface area contributed by atoms with Crippen LogP contribution < -0.4 is 21.3 Å². The van der Waals surface area contributed by atoms with Gasteiger partial charge in [0.2, 0.25) is 11.9 Å². The lowest BCUT2D eigenvalue weighted by atomic mass is 10.2. The largest absolute Gasteiger partial charge is 0.370 e. The van der Waals surface area contributed by atoms with E-state index in [0.717, 1.165) is 6.07 Å². The molecular weight excluding hydrogens is 496 g/mol. The number of aromatic nitrogens is 2. The molecule has 0 spiro atoms. The van der Waals surface area contributed by atoms with Gasteiger partial charge < -0.3 is 20.5 Å². The van der Waals surface area contributed by atoms with E-state index in [-0.39, 0.29) is 41.6 Å². The van der Waals surface area contributed by atoms with Crippen molar-refractivity contribution in [2.24, 2.45) is 5.73 Å². The van der Waals surface area contributed by atoms with Crippen molar-refractivity contribution >= 4 is 46.2 Å². The zero-order chi connectivity index (χ0) is 27.4. The molecule has 0 aliphatic heterocycles. The third-order valence-corrected chi connectivity index (χ3v) is 5.67. The van der Waals surface area contributed by atoms with Gasteiger partial charge in [-0.15, -0.1) is 0 Å². The summed E-state index contributed by atoms with van der Waals surface area (Å²) >= 11 is 0. The van der Waals surface area contributed by atoms with Gasteiger partial charge in [0.25, 0.3) is 5.91 Å². The number of carbonyl (C=O) groups excluding carboxylic acids is 3. The SMILES string of the molecule is CN(C(=O)c1ccc(F)cc1)c1ccc2c(c1)nc(NC(=O)Nc1ccc(C#N)cc1F)n2CCC(N)=O. The first-order valence-corrected chi connectivity index (χ1v) is 11.3. The smallest absolute Gasteiger partial charge is 0.326 e. The van der Waals surface area contributed by atoms with Crippen molar-refractivity contribution in [2.45, 2.75) is 13.0 Å². The molecule has 10 nitrogen and oxygen atoms in total. The quantitative estimate of drug-likeness (QED) is 0.339. The first kappa shape index (κ1) is 25.8. The molecule has 0 radical (unpaired) electrons. The number of urea groups is 1. The summed E-state index contributed by atoms with van der Waals surface area (Å²) in [6.07, 6.45) is -0.0449. The molecule has 3 aromatic carbocycles. The number of benzene rings is 3. The summed E-state index contributed by atoms with van der Waals surface area (Å²) in [6.45, 7) is 0.0936. The van der Waals surface area contributed by atoms with Gasteiger partial charge in [-0.3, -0.25) is 14.9 Å². The molecule has 4 aromatic rings. The molecule has 4 amide bonds. The lowest BCUT2D eigenvalue weighted by Crippen LogP contribution is -2.26. The van der Waals surface area contributed by atoms with E-state index in [1.807, 2.05) is 0 Å². The van der Waals surface area contributed by atoms with E-state index in [4.69, 9.17) is 11.0 Å². The van der Waals surface area contributed by atoms with Gasteiger partial charge in [-0.25, -0.2) is 18.6 Å². The topological polar surface area (TPSA) is 146 Å². The van der Waals surface area contributed by atoms with Crippen LogP contribution >= 0.6 is 0 Å². The van der Waals surface area contributed by atoms with Gasteiger partial charge in [-0.1, -0.05) is 0 Å². The summed E-state index contributed by atoms with van der Waals surface area (Å²) in [7, 11) is 1.55. The second kappa shape index (κ2) is 10.8. The third kappa shape index (κ3) is 5.57. The van der Waals surface area contributed by atoms with Gasteiger partial charge in [0, 0.05) is 31.3 Å². The van der Waals surface area contributed by atoms with Gasteiger partial charge in [-0.05, 0) is 60.7 Å². The number of amides is 4. The number of hydrogen-bond donors (Lipinski definition) is 3. The third-order valence-electron chi connectivity index (χ3n) is 5.67. The molecule has 38 heavy (non-hydrogen) atoms. The van der Waals surface area contributed by atoms with E-state index >= 15 is 0 Å². The highest BCUT2D eigenvalue weighted by Gasteiger charge is 2.19. The fraction of sp³-hybridized carbons (Fsp3) is 0.115. The minimum atomic E-state index is -0.812. The van der Waals surface area contributed by atoms with E-state index in [0.29, 0.717) is 16.7 Å². The Kier molecular flexibility index (Phi) is 7.29. The molecule has 0 aliphatic carbocycles. The van der Waals surface area contributed by atoms with Crippen LogP contribution in [0.3, 0.4) is 0 Å². The van der Waals surface area contributed by atoms with Crippen molar-refractivity contribution in [2.75, 3.05) is 22.6 Å². The summed E-state index contributed by atoms with van der Waals surface area (Å²) in [6, 6.07) is 14.7. The first-order valence-electron chi connectivity index (χ1n) is 11.3. The fourth-order valence-corrected chi connectivity index (χ4v) is 3.72. The maximum atomic E-state index is 14.2. The number of rotatable bonds is 7. The Morgan fingerprint density at radius 1 is 1.05 bits per heavy atom. The highest BCUT2D eigenvalue weighted by Crippen LogP contribution is 2.26. The van der Waals surface area contributed by atoms with Gasteiger partial charge in [0.05, 0.1) is 28.4 Å². The van der Waals surface area contributed by atoms with Crippen LogP contribution in [0, 0.1) is 23.0 Å². The minimum absolute atomic E-state index is 0.0449. The second-order valence-corrected chi connectivity index (χ2v) is 8.23. The standard InChI is InChI=1S/C26H21F2N7O3/c1-34(24(37)16-3-5-17(27)6-4-16)18-7-9-22-21(13-18)31-25(35(22)11-10-23(30)36)33-26(38)32-20-8-2-15(14-29)12-19(20)28/h2-9,12-13H,10-11H2,1H3,(H2,30,36)(H2,31,32,33,38). The number of anilines is 3. The van der Waals surface area contributed by atoms with Gasteiger partial charge >= 0.3 is 6.03 Å². The van der Waals surface area contributed by atoms with Crippen LogP contribution in [0.2, 0.25) is 0 Å². The van der Waals surface area contributed by atoms with Crippen molar-refractivity contribution in [3.63, 3.8) is 0 Å². The van der Waals surface area contributed by atoms with E-state index in [1.165, 1.54) is 41.3 Å². The molecule has 0 saturated carbocycles. The van der Waals surface area contributed by atoms with Crippen LogP contribution in [0.4, 0.5) is 30.9 Å². The Hall–Kier alpha value is -5.31. The average molecular weight is 517 g/mol. The predicted molar refractivity (Wildman–Crippen MR) is 136 cm³/mol. The number of hydrogen-bond acceptors (Lipinski definition) is 5. The number of nitrogens with one attached hydrogen (secondary N) is 2. The van der Waals surface area contributed by atoms with Gasteiger partial charge in [-0.2, -0.15) is 5.26 Å². The summed E-state index contributed by atoms with van der Waals surface area (Å²) in [5.41, 5.74) is 6.95. The number of primary amides is 1. The van der Waals surface area contributed by atoms with Crippen LogP contribution in [-0.4, -0.2) is 34.4 Å². The molecule has 0 fully saturated rings. The number of nitrogens with zero attached hydrogens (tertiary/aromatic N) is 4. The molecule has 0 aliphatic rings. The molecule has 1 heterocycles. The molecule has 12 heteroatoms. The Balaban J connectivity index is 1.62. The monoisotopic (exact) mass is 517 g/mol. The fourth-order valence-electron chi connectivity index (χ4n) is 3.72. The van der Waals surface area contributed by atoms with Gasteiger partial charge in [0.15, 0.2) is 0 Å². The molecule has 4 N–H and O–H groups in total. The highest BCUT2D eigenvalue weighted by atomic mass is 19.1. The Bertz CT molecular complexity index is 1590.